The Bertz CT molecular complexity index is 1500. The Balaban J connectivity index is 1.25. The predicted octanol–water partition coefficient (Wildman–Crippen LogP) is 3.40. The van der Waals surface area contributed by atoms with Crippen LogP contribution in [0.3, 0.4) is 0 Å². The number of nitrogens with zero attached hydrogens (tertiary/aromatic N) is 5. The fourth-order valence-electron chi connectivity index (χ4n) is 4.67. The summed E-state index contributed by atoms with van der Waals surface area (Å²) in [5.41, 5.74) is 6.61. The highest BCUT2D eigenvalue weighted by Gasteiger charge is 2.21. The lowest BCUT2D eigenvalue weighted by molar-refractivity contribution is 0.102. The SMILES string of the molecule is CCc1cc2ncc(CN3CC=C(c4ccc(C(=O)Nc5cnn(C)c5)nc4)C(C)C3)cc2[nH]c1=O. The lowest BCUT2D eigenvalue weighted by atomic mass is 9.91. The van der Waals surface area contributed by atoms with Gasteiger partial charge in [0, 0.05) is 50.8 Å². The van der Waals surface area contributed by atoms with Gasteiger partial charge >= 0.3 is 0 Å². The standard InChI is InChI=1S/C27H29N7O2/c1-4-19-10-24-25(32-26(19)35)9-18(11-28-24)15-34-8-7-22(17(2)14-34)20-5-6-23(29-12-20)27(36)31-21-13-30-33(3)16-21/h5-7,9-13,16-17H,4,8,14-15H2,1-3H3,(H,31,36)(H,32,35). The highest BCUT2D eigenvalue weighted by Crippen LogP contribution is 2.28. The molecule has 0 saturated carbocycles. The molecule has 36 heavy (non-hydrogen) atoms. The van der Waals surface area contributed by atoms with Gasteiger partial charge in [-0.2, -0.15) is 5.10 Å². The molecule has 2 N–H and O–H groups in total. The van der Waals surface area contributed by atoms with Crippen LogP contribution in [0.1, 0.15) is 41.0 Å². The lowest BCUT2D eigenvalue weighted by Gasteiger charge is -2.31. The van der Waals surface area contributed by atoms with Crippen LogP contribution in [-0.4, -0.2) is 48.6 Å². The Morgan fingerprint density at radius 3 is 2.75 bits per heavy atom. The number of pyridine rings is 3. The summed E-state index contributed by atoms with van der Waals surface area (Å²) in [5, 5.41) is 6.86. The van der Waals surface area contributed by atoms with Gasteiger partial charge in [0.2, 0.25) is 0 Å². The number of carbonyl (C=O) groups excluding carboxylic acids is 1. The third kappa shape index (κ3) is 4.96. The molecule has 1 amide bonds. The molecule has 0 aliphatic carbocycles. The summed E-state index contributed by atoms with van der Waals surface area (Å²) in [4.78, 5) is 38.9. The van der Waals surface area contributed by atoms with Crippen LogP contribution in [0.2, 0.25) is 0 Å². The number of hydrogen-bond acceptors (Lipinski definition) is 6. The molecule has 5 rings (SSSR count). The van der Waals surface area contributed by atoms with Crippen molar-refractivity contribution in [2.24, 2.45) is 13.0 Å². The summed E-state index contributed by atoms with van der Waals surface area (Å²) in [7, 11) is 1.80. The van der Waals surface area contributed by atoms with Crippen LogP contribution in [-0.2, 0) is 20.0 Å². The van der Waals surface area contributed by atoms with Crippen molar-refractivity contribution < 1.29 is 4.79 Å². The summed E-state index contributed by atoms with van der Waals surface area (Å²) in [5.74, 6) is 0.0404. The molecule has 184 valence electrons. The van der Waals surface area contributed by atoms with Crippen molar-refractivity contribution in [1.29, 1.82) is 0 Å². The molecule has 1 aliphatic rings. The largest absolute Gasteiger partial charge is 0.320 e. The van der Waals surface area contributed by atoms with E-state index in [1.165, 1.54) is 5.57 Å². The molecule has 9 heteroatoms. The van der Waals surface area contributed by atoms with Gasteiger partial charge in [0.1, 0.15) is 5.69 Å². The number of H-pyrrole nitrogens is 1. The number of amides is 1. The normalized spacial score (nSPS) is 16.2. The van der Waals surface area contributed by atoms with Gasteiger partial charge in [-0.15, -0.1) is 0 Å². The van der Waals surface area contributed by atoms with Gasteiger partial charge in [-0.05, 0) is 47.2 Å². The van der Waals surface area contributed by atoms with Crippen LogP contribution >= 0.6 is 0 Å². The minimum absolute atomic E-state index is 0.0442. The molecule has 4 aromatic rings. The molecular formula is C27H29N7O2. The first-order chi connectivity index (χ1) is 17.4. The topological polar surface area (TPSA) is 109 Å². The summed E-state index contributed by atoms with van der Waals surface area (Å²) in [6, 6.07) is 7.60. The number of nitrogens with one attached hydrogen (secondary N) is 2. The lowest BCUT2D eigenvalue weighted by Crippen LogP contribution is -2.32. The van der Waals surface area contributed by atoms with E-state index in [0.29, 0.717) is 23.7 Å². The van der Waals surface area contributed by atoms with Crippen LogP contribution in [0.4, 0.5) is 5.69 Å². The molecule has 4 aromatic heterocycles. The van der Waals surface area contributed by atoms with E-state index < -0.39 is 0 Å². The number of anilines is 1. The fourth-order valence-corrected chi connectivity index (χ4v) is 4.67. The van der Waals surface area contributed by atoms with Crippen molar-refractivity contribution in [1.82, 2.24) is 29.6 Å². The van der Waals surface area contributed by atoms with Crippen LogP contribution in [0.25, 0.3) is 16.6 Å². The average molecular weight is 484 g/mol. The molecule has 0 saturated heterocycles. The highest BCUT2D eigenvalue weighted by atomic mass is 16.2. The minimum atomic E-state index is -0.261. The van der Waals surface area contributed by atoms with Crippen molar-refractivity contribution in [2.75, 3.05) is 18.4 Å². The maximum atomic E-state index is 12.5. The summed E-state index contributed by atoms with van der Waals surface area (Å²) in [6.07, 6.45) is 9.91. The monoisotopic (exact) mass is 483 g/mol. The Morgan fingerprint density at radius 1 is 1.19 bits per heavy atom. The summed E-state index contributed by atoms with van der Waals surface area (Å²) in [6.45, 7) is 6.60. The van der Waals surface area contributed by atoms with Gasteiger partial charge < -0.3 is 10.3 Å². The second-order valence-electron chi connectivity index (χ2n) is 9.30. The smallest absolute Gasteiger partial charge is 0.274 e. The van der Waals surface area contributed by atoms with E-state index in [1.54, 1.807) is 36.4 Å². The average Bonchev–Trinajstić information content (AvgIpc) is 3.28. The second kappa shape index (κ2) is 9.87. The zero-order valence-electron chi connectivity index (χ0n) is 20.7. The van der Waals surface area contributed by atoms with Crippen LogP contribution in [0.15, 0.2) is 59.9 Å². The molecule has 0 fully saturated rings. The van der Waals surface area contributed by atoms with E-state index in [9.17, 15) is 9.59 Å². The highest BCUT2D eigenvalue weighted by molar-refractivity contribution is 6.02. The quantitative estimate of drug-likeness (QED) is 0.435. The number of fused-ring (bicyclic) bond motifs is 1. The minimum Gasteiger partial charge on any atom is -0.320 e. The molecule has 0 aromatic carbocycles. The predicted molar refractivity (Wildman–Crippen MR) is 140 cm³/mol. The summed E-state index contributed by atoms with van der Waals surface area (Å²) < 4.78 is 1.63. The van der Waals surface area contributed by atoms with Crippen molar-refractivity contribution >= 4 is 28.2 Å². The van der Waals surface area contributed by atoms with Gasteiger partial charge in [-0.1, -0.05) is 26.0 Å². The molecule has 1 unspecified atom stereocenters. The third-order valence-corrected chi connectivity index (χ3v) is 6.54. The zero-order valence-corrected chi connectivity index (χ0v) is 20.7. The first kappa shape index (κ1) is 23.6. The number of aromatic amines is 1. The van der Waals surface area contributed by atoms with Crippen LogP contribution < -0.4 is 10.9 Å². The Labute approximate surface area is 208 Å². The van der Waals surface area contributed by atoms with Crippen molar-refractivity contribution in [3.8, 4) is 0 Å². The fraction of sp³-hybridized carbons (Fsp3) is 0.296. The number of rotatable bonds is 6. The molecule has 0 bridgehead atoms. The van der Waals surface area contributed by atoms with Gasteiger partial charge in [-0.25, -0.2) is 0 Å². The zero-order chi connectivity index (χ0) is 25.2. The molecule has 1 aliphatic heterocycles. The Morgan fingerprint density at radius 2 is 2.06 bits per heavy atom. The maximum absolute atomic E-state index is 12.5. The van der Waals surface area contributed by atoms with Crippen molar-refractivity contribution in [3.05, 3.63) is 87.9 Å². The molecule has 9 nitrogen and oxygen atoms in total. The van der Waals surface area contributed by atoms with Gasteiger partial charge in [-0.3, -0.25) is 29.1 Å². The van der Waals surface area contributed by atoms with Crippen LogP contribution in [0.5, 0.6) is 0 Å². The second-order valence-corrected chi connectivity index (χ2v) is 9.30. The van der Waals surface area contributed by atoms with E-state index in [2.05, 4.69) is 43.3 Å². The number of aryl methyl sites for hydroxylation is 2. The molecule has 0 radical (unpaired) electrons. The molecule has 1 atom stereocenters. The number of hydrogen-bond donors (Lipinski definition) is 2. The van der Waals surface area contributed by atoms with E-state index in [0.717, 1.165) is 47.4 Å². The van der Waals surface area contributed by atoms with Gasteiger partial charge in [0.25, 0.3) is 11.5 Å². The number of aromatic nitrogens is 5. The van der Waals surface area contributed by atoms with E-state index >= 15 is 0 Å². The molecule has 0 spiro atoms. The van der Waals surface area contributed by atoms with Gasteiger partial charge in [0.05, 0.1) is 22.9 Å². The molecular weight excluding hydrogens is 454 g/mol. The van der Waals surface area contributed by atoms with E-state index in [1.807, 2.05) is 31.3 Å². The van der Waals surface area contributed by atoms with Crippen molar-refractivity contribution in [3.63, 3.8) is 0 Å². The van der Waals surface area contributed by atoms with Crippen molar-refractivity contribution in [2.45, 2.75) is 26.8 Å². The molecule has 5 heterocycles. The maximum Gasteiger partial charge on any atom is 0.274 e. The summed E-state index contributed by atoms with van der Waals surface area (Å²) >= 11 is 0. The third-order valence-electron chi connectivity index (χ3n) is 6.54. The van der Waals surface area contributed by atoms with E-state index in [4.69, 9.17) is 0 Å². The first-order valence-electron chi connectivity index (χ1n) is 12.1. The Hall–Kier alpha value is -4.11. The van der Waals surface area contributed by atoms with Crippen LogP contribution in [0, 0.1) is 5.92 Å². The number of carbonyl (C=O) groups is 1. The van der Waals surface area contributed by atoms with E-state index in [-0.39, 0.29) is 11.5 Å². The van der Waals surface area contributed by atoms with Gasteiger partial charge in [0.15, 0.2) is 0 Å². The first-order valence-corrected chi connectivity index (χ1v) is 12.1. The Kier molecular flexibility index (Phi) is 6.47.